The van der Waals surface area contributed by atoms with Gasteiger partial charge in [-0.15, -0.1) is 0 Å². The van der Waals surface area contributed by atoms with Crippen molar-refractivity contribution >= 4 is 16.6 Å². The number of nitro groups is 1. The zero-order valence-electron chi connectivity index (χ0n) is 12.8. The summed E-state index contributed by atoms with van der Waals surface area (Å²) in [5.74, 6) is -1.21. The summed E-state index contributed by atoms with van der Waals surface area (Å²) in [4.78, 5) is 12.1. The van der Waals surface area contributed by atoms with Crippen LogP contribution >= 0.6 is 0 Å². The second-order valence-electron chi connectivity index (χ2n) is 5.54. The lowest BCUT2D eigenvalue weighted by Gasteiger charge is -2.17. The Morgan fingerprint density at radius 3 is 2.75 bits per heavy atom. The Hall–Kier alpha value is -2.87. The summed E-state index contributed by atoms with van der Waals surface area (Å²) in [5, 5.41) is 15.7. The number of hydrogen-bond donors (Lipinski definition) is 0. The average Bonchev–Trinajstić information content (AvgIpc) is 2.92. The van der Waals surface area contributed by atoms with E-state index in [9.17, 15) is 18.9 Å². The van der Waals surface area contributed by atoms with Crippen LogP contribution in [0, 0.1) is 21.7 Å². The van der Waals surface area contributed by atoms with Crippen LogP contribution in [0.2, 0.25) is 0 Å². The molecular weight excluding hydrogens is 318 g/mol. The Bertz CT molecular complexity index is 910. The smallest absolute Gasteiger partial charge is 0.270 e. The second kappa shape index (κ2) is 6.32. The zero-order valence-corrected chi connectivity index (χ0v) is 12.8. The highest BCUT2D eigenvalue weighted by molar-refractivity contribution is 5.81. The van der Waals surface area contributed by atoms with Crippen LogP contribution in [-0.4, -0.2) is 26.7 Å². The molecule has 6 nitrogen and oxygen atoms in total. The Kier molecular flexibility index (Phi) is 4.22. The number of hydrogen-bond acceptors (Lipinski definition) is 4. The maximum atomic E-state index is 13.7. The summed E-state index contributed by atoms with van der Waals surface area (Å²) in [6.45, 7) is 0.637. The number of nitro benzene ring substituents is 1. The van der Waals surface area contributed by atoms with E-state index in [0.29, 0.717) is 17.6 Å². The van der Waals surface area contributed by atoms with Gasteiger partial charge in [0.05, 0.1) is 23.3 Å². The van der Waals surface area contributed by atoms with Gasteiger partial charge in [0.25, 0.3) is 5.69 Å². The van der Waals surface area contributed by atoms with Gasteiger partial charge in [-0.3, -0.25) is 19.7 Å². The molecule has 0 unspecified atom stereocenters. The van der Waals surface area contributed by atoms with Gasteiger partial charge in [0.1, 0.15) is 11.6 Å². The molecule has 0 saturated carbocycles. The highest BCUT2D eigenvalue weighted by atomic mass is 19.1. The normalized spacial score (nSPS) is 11.3. The standard InChI is InChI=1S/C16H14F2N4O2/c1-20(9-11-2-3-13(17)7-15(11)18)10-21-16-5-4-14(22(23)24)6-12(16)8-19-21/h2-8H,9-10H2,1H3. The third-order valence-corrected chi connectivity index (χ3v) is 3.67. The maximum Gasteiger partial charge on any atom is 0.270 e. The van der Waals surface area contributed by atoms with E-state index >= 15 is 0 Å². The fourth-order valence-corrected chi connectivity index (χ4v) is 2.52. The topological polar surface area (TPSA) is 64.2 Å². The fourth-order valence-electron chi connectivity index (χ4n) is 2.52. The predicted molar refractivity (Wildman–Crippen MR) is 84.2 cm³/mol. The van der Waals surface area contributed by atoms with Gasteiger partial charge in [0, 0.05) is 35.7 Å². The molecule has 0 aliphatic rings. The molecule has 2 aromatic carbocycles. The summed E-state index contributed by atoms with van der Waals surface area (Å²) < 4.78 is 28.3. The second-order valence-corrected chi connectivity index (χ2v) is 5.54. The Labute approximate surface area is 136 Å². The Morgan fingerprint density at radius 2 is 2.04 bits per heavy atom. The van der Waals surface area contributed by atoms with Gasteiger partial charge in [0.15, 0.2) is 0 Å². The van der Waals surface area contributed by atoms with Crippen LogP contribution in [-0.2, 0) is 13.2 Å². The molecular formula is C16H14F2N4O2. The molecule has 0 fully saturated rings. The van der Waals surface area contributed by atoms with Gasteiger partial charge in [-0.1, -0.05) is 6.07 Å². The van der Waals surface area contributed by atoms with Crippen molar-refractivity contribution in [2.75, 3.05) is 7.05 Å². The largest absolute Gasteiger partial charge is 0.283 e. The number of nitrogens with zero attached hydrogens (tertiary/aromatic N) is 4. The van der Waals surface area contributed by atoms with E-state index in [0.717, 1.165) is 11.6 Å². The van der Waals surface area contributed by atoms with Crippen molar-refractivity contribution in [2.45, 2.75) is 13.2 Å². The highest BCUT2D eigenvalue weighted by Gasteiger charge is 2.12. The number of benzene rings is 2. The van der Waals surface area contributed by atoms with E-state index in [-0.39, 0.29) is 12.2 Å². The number of fused-ring (bicyclic) bond motifs is 1. The molecule has 24 heavy (non-hydrogen) atoms. The molecule has 0 saturated heterocycles. The molecule has 8 heteroatoms. The molecule has 3 rings (SSSR count). The minimum Gasteiger partial charge on any atom is -0.283 e. The van der Waals surface area contributed by atoms with E-state index in [2.05, 4.69) is 5.10 Å². The first kappa shape index (κ1) is 16.0. The van der Waals surface area contributed by atoms with Crippen LogP contribution in [0.15, 0.2) is 42.6 Å². The van der Waals surface area contributed by atoms with E-state index in [1.165, 1.54) is 24.3 Å². The molecule has 0 radical (unpaired) electrons. The zero-order chi connectivity index (χ0) is 17.3. The van der Waals surface area contributed by atoms with E-state index in [4.69, 9.17) is 0 Å². The number of halogens is 2. The molecule has 1 heterocycles. The van der Waals surface area contributed by atoms with Crippen molar-refractivity contribution in [3.8, 4) is 0 Å². The average molecular weight is 332 g/mol. The van der Waals surface area contributed by atoms with Crippen LogP contribution in [0.25, 0.3) is 10.9 Å². The SMILES string of the molecule is CN(Cc1ccc(F)cc1F)Cn1ncc2cc([N+](=O)[O-])ccc21. The molecule has 0 bridgehead atoms. The molecule has 3 aromatic rings. The lowest BCUT2D eigenvalue weighted by molar-refractivity contribution is -0.384. The lowest BCUT2D eigenvalue weighted by atomic mass is 10.2. The summed E-state index contributed by atoms with van der Waals surface area (Å²) >= 11 is 0. The van der Waals surface area contributed by atoms with Crippen LogP contribution in [0.1, 0.15) is 5.56 Å². The van der Waals surface area contributed by atoms with Gasteiger partial charge in [-0.2, -0.15) is 5.10 Å². The molecule has 0 amide bonds. The molecule has 0 aliphatic carbocycles. The van der Waals surface area contributed by atoms with Crippen LogP contribution < -0.4 is 0 Å². The first-order valence-electron chi connectivity index (χ1n) is 7.16. The van der Waals surface area contributed by atoms with E-state index in [1.54, 1.807) is 24.0 Å². The molecule has 0 spiro atoms. The first-order chi connectivity index (χ1) is 11.4. The van der Waals surface area contributed by atoms with Gasteiger partial charge in [-0.25, -0.2) is 8.78 Å². The van der Waals surface area contributed by atoms with E-state index < -0.39 is 16.6 Å². The minimum absolute atomic E-state index is 0.00351. The molecule has 0 atom stereocenters. The van der Waals surface area contributed by atoms with Crippen molar-refractivity contribution < 1.29 is 13.7 Å². The van der Waals surface area contributed by atoms with Crippen LogP contribution in [0.3, 0.4) is 0 Å². The third kappa shape index (κ3) is 3.23. The minimum atomic E-state index is -0.612. The summed E-state index contributed by atoms with van der Waals surface area (Å²) in [5.41, 5.74) is 1.13. The highest BCUT2D eigenvalue weighted by Crippen LogP contribution is 2.21. The van der Waals surface area contributed by atoms with E-state index in [1.807, 2.05) is 4.90 Å². The number of non-ortho nitro benzene ring substituents is 1. The summed E-state index contributed by atoms with van der Waals surface area (Å²) in [6.07, 6.45) is 1.55. The monoisotopic (exact) mass is 332 g/mol. The Morgan fingerprint density at radius 1 is 1.25 bits per heavy atom. The molecule has 1 aromatic heterocycles. The van der Waals surface area contributed by atoms with Gasteiger partial charge in [-0.05, 0) is 19.2 Å². The van der Waals surface area contributed by atoms with Crippen molar-refractivity contribution in [3.05, 3.63) is 69.9 Å². The fraction of sp³-hybridized carbons (Fsp3) is 0.188. The first-order valence-corrected chi connectivity index (χ1v) is 7.16. The summed E-state index contributed by atoms with van der Waals surface area (Å²) in [6, 6.07) is 7.98. The summed E-state index contributed by atoms with van der Waals surface area (Å²) in [7, 11) is 1.78. The quantitative estimate of drug-likeness (QED) is 0.531. The van der Waals surface area contributed by atoms with Crippen molar-refractivity contribution in [1.29, 1.82) is 0 Å². The number of aromatic nitrogens is 2. The predicted octanol–water partition coefficient (Wildman–Crippen LogP) is 3.31. The lowest BCUT2D eigenvalue weighted by Crippen LogP contribution is -2.22. The van der Waals surface area contributed by atoms with Crippen molar-refractivity contribution in [2.24, 2.45) is 0 Å². The Balaban J connectivity index is 1.78. The molecule has 0 aliphatic heterocycles. The van der Waals surface area contributed by atoms with Crippen LogP contribution in [0.5, 0.6) is 0 Å². The van der Waals surface area contributed by atoms with Crippen molar-refractivity contribution in [1.82, 2.24) is 14.7 Å². The van der Waals surface area contributed by atoms with Gasteiger partial charge >= 0.3 is 0 Å². The molecule has 124 valence electrons. The van der Waals surface area contributed by atoms with Gasteiger partial charge < -0.3 is 0 Å². The maximum absolute atomic E-state index is 13.7. The number of rotatable bonds is 5. The van der Waals surface area contributed by atoms with Gasteiger partial charge in [0.2, 0.25) is 0 Å². The third-order valence-electron chi connectivity index (χ3n) is 3.67. The molecule has 0 N–H and O–H groups in total. The van der Waals surface area contributed by atoms with Crippen molar-refractivity contribution in [3.63, 3.8) is 0 Å². The van der Waals surface area contributed by atoms with Crippen LogP contribution in [0.4, 0.5) is 14.5 Å².